The Balaban J connectivity index is 2.14. The molecule has 3 N–H and O–H groups in total. The highest BCUT2D eigenvalue weighted by Crippen LogP contribution is 2.22. The number of halogens is 1. The van der Waals surface area contributed by atoms with Crippen LogP contribution in [-0.2, 0) is 0 Å². The van der Waals surface area contributed by atoms with Gasteiger partial charge in [0.1, 0.15) is 5.75 Å². The Labute approximate surface area is 121 Å². The van der Waals surface area contributed by atoms with Crippen LogP contribution in [0.15, 0.2) is 47.2 Å². The molecule has 0 saturated heterocycles. The molecule has 0 aliphatic carbocycles. The van der Waals surface area contributed by atoms with E-state index in [2.05, 4.69) is 26.2 Å². The number of hydrogen-bond donors (Lipinski definition) is 2. The van der Waals surface area contributed by atoms with Crippen LogP contribution in [-0.4, -0.2) is 18.6 Å². The minimum atomic E-state index is 0.0263. The number of aromatic nitrogens is 1. The zero-order chi connectivity index (χ0) is 13.7. The Hall–Kier alpha value is -1.59. The van der Waals surface area contributed by atoms with Gasteiger partial charge in [-0.05, 0) is 51.8 Å². The van der Waals surface area contributed by atoms with Crippen LogP contribution < -0.4 is 15.8 Å². The average molecular weight is 322 g/mol. The molecule has 0 aliphatic heterocycles. The Kier molecular flexibility index (Phi) is 4.76. The molecule has 1 unspecified atom stereocenters. The lowest BCUT2D eigenvalue weighted by Gasteiger charge is -2.18. The lowest BCUT2D eigenvalue weighted by molar-refractivity contribution is 0.415. The number of ether oxygens (including phenoxy) is 1. The first kappa shape index (κ1) is 13.8. The molecule has 1 aromatic carbocycles. The van der Waals surface area contributed by atoms with Crippen LogP contribution in [0.5, 0.6) is 5.75 Å². The van der Waals surface area contributed by atoms with Gasteiger partial charge in [0.25, 0.3) is 0 Å². The highest BCUT2D eigenvalue weighted by Gasteiger charge is 2.10. The quantitative estimate of drug-likeness (QED) is 0.888. The van der Waals surface area contributed by atoms with Crippen LogP contribution in [0, 0.1) is 0 Å². The molecule has 4 nitrogen and oxygen atoms in total. The third-order valence-corrected chi connectivity index (χ3v) is 3.23. The van der Waals surface area contributed by atoms with Crippen LogP contribution in [0.25, 0.3) is 0 Å². The normalized spacial score (nSPS) is 11.9. The van der Waals surface area contributed by atoms with Crippen LogP contribution in [0.4, 0.5) is 5.69 Å². The minimum absolute atomic E-state index is 0.0263. The summed E-state index contributed by atoms with van der Waals surface area (Å²) < 4.78 is 6.08. The van der Waals surface area contributed by atoms with Crippen molar-refractivity contribution in [2.45, 2.75) is 6.04 Å². The summed E-state index contributed by atoms with van der Waals surface area (Å²) >= 11 is 3.42. The van der Waals surface area contributed by atoms with Crippen molar-refractivity contribution in [3.05, 3.63) is 52.8 Å². The van der Waals surface area contributed by atoms with Gasteiger partial charge < -0.3 is 15.8 Å². The van der Waals surface area contributed by atoms with Gasteiger partial charge in [-0.15, -0.1) is 0 Å². The van der Waals surface area contributed by atoms with Gasteiger partial charge in [0, 0.05) is 29.1 Å². The maximum Gasteiger partial charge on any atom is 0.119 e. The summed E-state index contributed by atoms with van der Waals surface area (Å²) in [5.74, 6) is 0.832. The van der Waals surface area contributed by atoms with Gasteiger partial charge in [0.2, 0.25) is 0 Å². The molecule has 0 spiro atoms. The summed E-state index contributed by atoms with van der Waals surface area (Å²) in [6, 6.07) is 9.80. The van der Waals surface area contributed by atoms with Crippen LogP contribution in [0.2, 0.25) is 0 Å². The van der Waals surface area contributed by atoms with E-state index < -0.39 is 0 Å². The largest absolute Gasteiger partial charge is 0.497 e. The number of benzene rings is 1. The zero-order valence-corrected chi connectivity index (χ0v) is 12.2. The third-order valence-electron chi connectivity index (χ3n) is 2.80. The van der Waals surface area contributed by atoms with E-state index in [1.165, 1.54) is 0 Å². The topological polar surface area (TPSA) is 60.2 Å². The molecule has 1 aromatic heterocycles. The van der Waals surface area contributed by atoms with Gasteiger partial charge in [-0.2, -0.15) is 0 Å². The fraction of sp³-hybridized carbons (Fsp3) is 0.214. The Morgan fingerprint density at radius 1 is 1.32 bits per heavy atom. The van der Waals surface area contributed by atoms with Crippen LogP contribution in [0.3, 0.4) is 0 Å². The molecule has 2 rings (SSSR count). The molecule has 1 heterocycles. The first-order valence-electron chi connectivity index (χ1n) is 5.94. The van der Waals surface area contributed by atoms with Gasteiger partial charge in [-0.1, -0.05) is 0 Å². The second-order valence-electron chi connectivity index (χ2n) is 4.10. The first-order valence-corrected chi connectivity index (χ1v) is 6.73. The number of anilines is 1. The Morgan fingerprint density at radius 3 is 2.63 bits per heavy atom. The molecule has 0 saturated carbocycles. The molecule has 5 heteroatoms. The maximum absolute atomic E-state index is 5.83. The third kappa shape index (κ3) is 3.68. The minimum Gasteiger partial charge on any atom is -0.497 e. The van der Waals surface area contributed by atoms with Crippen molar-refractivity contribution in [2.75, 3.05) is 19.0 Å². The van der Waals surface area contributed by atoms with Gasteiger partial charge in [0.05, 0.1) is 13.2 Å². The molecule has 0 radical (unpaired) electrons. The number of pyridine rings is 1. The van der Waals surface area contributed by atoms with E-state index in [4.69, 9.17) is 10.5 Å². The highest BCUT2D eigenvalue weighted by atomic mass is 79.9. The molecule has 0 bridgehead atoms. The monoisotopic (exact) mass is 321 g/mol. The van der Waals surface area contributed by atoms with Crippen LogP contribution in [0.1, 0.15) is 11.6 Å². The van der Waals surface area contributed by atoms with E-state index in [1.54, 1.807) is 13.3 Å². The number of nitrogens with one attached hydrogen (secondary N) is 1. The summed E-state index contributed by atoms with van der Waals surface area (Å²) in [5.41, 5.74) is 7.87. The second-order valence-corrected chi connectivity index (χ2v) is 5.01. The molecule has 1 atom stereocenters. The van der Waals surface area contributed by atoms with E-state index in [0.717, 1.165) is 21.5 Å². The Morgan fingerprint density at radius 2 is 2.05 bits per heavy atom. The maximum atomic E-state index is 5.83. The number of hydrogen-bond acceptors (Lipinski definition) is 4. The number of nitrogens with two attached hydrogens (primary N) is 1. The average Bonchev–Trinajstić information content (AvgIpc) is 2.45. The zero-order valence-electron chi connectivity index (χ0n) is 10.6. The van der Waals surface area contributed by atoms with Gasteiger partial charge in [0.15, 0.2) is 0 Å². The number of nitrogens with zero attached hydrogens (tertiary/aromatic N) is 1. The van der Waals surface area contributed by atoms with E-state index in [-0.39, 0.29) is 6.04 Å². The predicted octanol–water partition coefficient (Wildman–Crippen LogP) is 2.96. The van der Waals surface area contributed by atoms with Crippen molar-refractivity contribution in [3.8, 4) is 5.75 Å². The van der Waals surface area contributed by atoms with Crippen molar-refractivity contribution >= 4 is 21.6 Å². The number of methoxy groups -OCH3 is 1. The van der Waals surface area contributed by atoms with Crippen molar-refractivity contribution in [3.63, 3.8) is 0 Å². The molecule has 100 valence electrons. The van der Waals surface area contributed by atoms with Gasteiger partial charge >= 0.3 is 0 Å². The van der Waals surface area contributed by atoms with Crippen molar-refractivity contribution < 1.29 is 4.74 Å². The van der Waals surface area contributed by atoms with E-state index in [9.17, 15) is 0 Å². The first-order chi connectivity index (χ1) is 9.22. The molecule has 0 aliphatic rings. The summed E-state index contributed by atoms with van der Waals surface area (Å²) in [6.07, 6.45) is 3.57. The van der Waals surface area contributed by atoms with Crippen LogP contribution >= 0.6 is 15.9 Å². The summed E-state index contributed by atoms with van der Waals surface area (Å²) in [7, 11) is 1.65. The SMILES string of the molecule is COc1ccc(NC(CN)c2cncc(Br)c2)cc1. The molecule has 0 fully saturated rings. The predicted molar refractivity (Wildman–Crippen MR) is 80.3 cm³/mol. The smallest absolute Gasteiger partial charge is 0.119 e. The fourth-order valence-electron chi connectivity index (χ4n) is 1.79. The van der Waals surface area contributed by atoms with E-state index in [0.29, 0.717) is 6.54 Å². The summed E-state index contributed by atoms with van der Waals surface area (Å²) in [5, 5.41) is 3.38. The number of rotatable bonds is 5. The molecule has 2 aromatic rings. The molecule has 19 heavy (non-hydrogen) atoms. The second kappa shape index (κ2) is 6.54. The standard InChI is InChI=1S/C14H16BrN3O/c1-19-13-4-2-12(3-5-13)18-14(7-16)10-6-11(15)9-17-8-10/h2-6,8-9,14,18H,7,16H2,1H3. The summed E-state index contributed by atoms with van der Waals surface area (Å²) in [6.45, 7) is 0.490. The van der Waals surface area contributed by atoms with Gasteiger partial charge in [-0.25, -0.2) is 0 Å². The highest BCUT2D eigenvalue weighted by molar-refractivity contribution is 9.10. The molecular weight excluding hydrogens is 306 g/mol. The van der Waals surface area contributed by atoms with Crippen molar-refractivity contribution in [1.29, 1.82) is 0 Å². The van der Waals surface area contributed by atoms with Crippen molar-refractivity contribution in [1.82, 2.24) is 4.98 Å². The van der Waals surface area contributed by atoms with E-state index >= 15 is 0 Å². The van der Waals surface area contributed by atoms with E-state index in [1.807, 2.05) is 36.5 Å². The van der Waals surface area contributed by atoms with Crippen molar-refractivity contribution in [2.24, 2.45) is 5.73 Å². The summed E-state index contributed by atoms with van der Waals surface area (Å²) in [4.78, 5) is 4.16. The fourth-order valence-corrected chi connectivity index (χ4v) is 2.17. The van der Waals surface area contributed by atoms with Gasteiger partial charge in [-0.3, -0.25) is 4.98 Å². The Bertz CT molecular complexity index is 530. The lowest BCUT2D eigenvalue weighted by Crippen LogP contribution is -2.20. The lowest BCUT2D eigenvalue weighted by atomic mass is 10.1. The molecular formula is C14H16BrN3O. The molecule has 0 amide bonds.